The number of thiazole rings is 1. The predicted molar refractivity (Wildman–Crippen MR) is 67.2 cm³/mol. The molecule has 16 heavy (non-hydrogen) atoms. The maximum atomic E-state index is 4.24. The Bertz CT molecular complexity index is 630. The van der Waals surface area contributed by atoms with Crippen molar-refractivity contribution in [1.29, 1.82) is 0 Å². The van der Waals surface area contributed by atoms with Crippen molar-refractivity contribution in [1.82, 2.24) is 20.0 Å². The van der Waals surface area contributed by atoms with E-state index in [9.17, 15) is 0 Å². The van der Waals surface area contributed by atoms with Gasteiger partial charge in [0.15, 0.2) is 0 Å². The molecular formula is C10H7BrN4S. The van der Waals surface area contributed by atoms with Gasteiger partial charge in [0.05, 0.1) is 33.3 Å². The van der Waals surface area contributed by atoms with Crippen LogP contribution in [0.4, 0.5) is 0 Å². The molecule has 0 unspecified atom stereocenters. The average Bonchev–Trinajstić information content (AvgIpc) is 2.96. The first-order valence-electron chi connectivity index (χ1n) is 4.67. The van der Waals surface area contributed by atoms with Crippen molar-refractivity contribution in [2.45, 2.75) is 5.33 Å². The SMILES string of the molecule is BrCc1cn(-c2ccc3ncsc3c2)nn1. The highest BCUT2D eigenvalue weighted by Gasteiger charge is 2.03. The van der Waals surface area contributed by atoms with Crippen LogP contribution in [0.25, 0.3) is 15.9 Å². The highest BCUT2D eigenvalue weighted by Crippen LogP contribution is 2.20. The monoisotopic (exact) mass is 294 g/mol. The second kappa shape index (κ2) is 3.95. The molecule has 0 fully saturated rings. The molecule has 80 valence electrons. The number of rotatable bonds is 2. The molecule has 0 saturated carbocycles. The first-order valence-corrected chi connectivity index (χ1v) is 6.68. The van der Waals surface area contributed by atoms with Crippen molar-refractivity contribution in [3.05, 3.63) is 35.6 Å². The topological polar surface area (TPSA) is 43.6 Å². The molecule has 3 aromatic rings. The molecule has 0 amide bonds. The zero-order valence-corrected chi connectivity index (χ0v) is 10.6. The third-order valence-electron chi connectivity index (χ3n) is 2.26. The number of aromatic nitrogens is 4. The maximum Gasteiger partial charge on any atom is 0.0937 e. The normalized spacial score (nSPS) is 11.1. The molecule has 0 radical (unpaired) electrons. The van der Waals surface area contributed by atoms with E-state index in [2.05, 4.69) is 37.3 Å². The fraction of sp³-hybridized carbons (Fsp3) is 0.100. The van der Waals surface area contributed by atoms with Crippen LogP contribution in [0.3, 0.4) is 0 Å². The number of hydrogen-bond donors (Lipinski definition) is 0. The third-order valence-corrected chi connectivity index (χ3v) is 3.62. The van der Waals surface area contributed by atoms with Crippen LogP contribution in [-0.2, 0) is 5.33 Å². The van der Waals surface area contributed by atoms with E-state index in [4.69, 9.17) is 0 Å². The van der Waals surface area contributed by atoms with Crippen molar-refractivity contribution in [2.24, 2.45) is 0 Å². The Hall–Kier alpha value is -1.27. The van der Waals surface area contributed by atoms with Crippen LogP contribution in [0, 0.1) is 0 Å². The van der Waals surface area contributed by atoms with Gasteiger partial charge >= 0.3 is 0 Å². The number of benzene rings is 1. The van der Waals surface area contributed by atoms with Crippen LogP contribution < -0.4 is 0 Å². The summed E-state index contributed by atoms with van der Waals surface area (Å²) in [5.74, 6) is 0. The molecule has 0 N–H and O–H groups in total. The molecule has 4 nitrogen and oxygen atoms in total. The van der Waals surface area contributed by atoms with Crippen molar-refractivity contribution in [3.63, 3.8) is 0 Å². The Kier molecular flexibility index (Phi) is 2.45. The van der Waals surface area contributed by atoms with E-state index in [1.807, 2.05) is 23.8 Å². The lowest BCUT2D eigenvalue weighted by atomic mass is 10.3. The molecule has 0 aliphatic carbocycles. The van der Waals surface area contributed by atoms with Crippen molar-refractivity contribution < 1.29 is 0 Å². The van der Waals surface area contributed by atoms with Crippen LogP contribution in [0.5, 0.6) is 0 Å². The van der Waals surface area contributed by atoms with Crippen molar-refractivity contribution in [3.8, 4) is 5.69 Å². The van der Waals surface area contributed by atoms with Gasteiger partial charge in [-0.2, -0.15) is 0 Å². The standard InChI is InChI=1S/C10H7BrN4S/c11-4-7-5-15(14-13-7)8-1-2-9-10(3-8)16-6-12-9/h1-3,5-6H,4H2. The van der Waals surface area contributed by atoms with Gasteiger partial charge in [0.25, 0.3) is 0 Å². The zero-order valence-electron chi connectivity index (χ0n) is 8.17. The van der Waals surface area contributed by atoms with Crippen molar-refractivity contribution in [2.75, 3.05) is 0 Å². The Morgan fingerprint density at radius 1 is 1.38 bits per heavy atom. The molecular weight excluding hydrogens is 288 g/mol. The number of alkyl halides is 1. The average molecular weight is 295 g/mol. The minimum atomic E-state index is 0.718. The molecule has 2 aromatic heterocycles. The number of halogens is 1. The Balaban J connectivity index is 2.10. The summed E-state index contributed by atoms with van der Waals surface area (Å²) in [4.78, 5) is 4.24. The summed E-state index contributed by atoms with van der Waals surface area (Å²) in [7, 11) is 0. The van der Waals surface area contributed by atoms with Gasteiger partial charge in [-0.05, 0) is 18.2 Å². The van der Waals surface area contributed by atoms with Gasteiger partial charge in [0.1, 0.15) is 0 Å². The summed E-state index contributed by atoms with van der Waals surface area (Å²) < 4.78 is 2.93. The van der Waals surface area contributed by atoms with Gasteiger partial charge in [-0.25, -0.2) is 9.67 Å². The molecule has 6 heteroatoms. The van der Waals surface area contributed by atoms with Crippen molar-refractivity contribution >= 4 is 37.5 Å². The van der Waals surface area contributed by atoms with Gasteiger partial charge in [0, 0.05) is 5.33 Å². The Labute approximate surface area is 104 Å². The lowest BCUT2D eigenvalue weighted by Crippen LogP contribution is -1.93. The molecule has 0 saturated heterocycles. The summed E-state index contributed by atoms with van der Waals surface area (Å²) in [6.07, 6.45) is 1.91. The fourth-order valence-electron chi connectivity index (χ4n) is 1.47. The number of fused-ring (bicyclic) bond motifs is 1. The van der Waals surface area contributed by atoms with Gasteiger partial charge in [-0.15, -0.1) is 16.4 Å². The van der Waals surface area contributed by atoms with Gasteiger partial charge in [-0.3, -0.25) is 0 Å². The molecule has 0 aliphatic rings. The first kappa shape index (κ1) is 9.92. The summed E-state index contributed by atoms with van der Waals surface area (Å²) in [6.45, 7) is 0. The molecule has 0 aliphatic heterocycles. The molecule has 2 heterocycles. The molecule has 0 bridgehead atoms. The largest absolute Gasteiger partial charge is 0.245 e. The lowest BCUT2D eigenvalue weighted by Gasteiger charge is -1.98. The van der Waals surface area contributed by atoms with Gasteiger partial charge < -0.3 is 0 Å². The highest BCUT2D eigenvalue weighted by atomic mass is 79.9. The number of hydrogen-bond acceptors (Lipinski definition) is 4. The molecule has 0 spiro atoms. The van der Waals surface area contributed by atoms with Crippen LogP contribution in [0.2, 0.25) is 0 Å². The summed E-state index contributed by atoms with van der Waals surface area (Å²) in [6, 6.07) is 6.06. The van der Waals surface area contributed by atoms with E-state index in [1.54, 1.807) is 16.0 Å². The van der Waals surface area contributed by atoms with Gasteiger partial charge in [0.2, 0.25) is 0 Å². The van der Waals surface area contributed by atoms with Crippen LogP contribution in [-0.4, -0.2) is 20.0 Å². The second-order valence-corrected chi connectivity index (χ2v) is 4.74. The molecule has 3 rings (SSSR count). The van der Waals surface area contributed by atoms with Crippen LogP contribution >= 0.6 is 27.3 Å². The fourth-order valence-corrected chi connectivity index (χ4v) is 2.44. The lowest BCUT2D eigenvalue weighted by molar-refractivity contribution is 0.801. The molecule has 1 aromatic carbocycles. The summed E-state index contributed by atoms with van der Waals surface area (Å²) in [5.41, 5.74) is 4.80. The second-order valence-electron chi connectivity index (χ2n) is 3.29. The van der Waals surface area contributed by atoms with E-state index >= 15 is 0 Å². The van der Waals surface area contributed by atoms with E-state index < -0.39 is 0 Å². The molecule has 0 atom stereocenters. The Morgan fingerprint density at radius 2 is 2.31 bits per heavy atom. The Morgan fingerprint density at radius 3 is 3.12 bits per heavy atom. The van der Waals surface area contributed by atoms with E-state index in [0.717, 1.165) is 26.9 Å². The van der Waals surface area contributed by atoms with E-state index in [0.29, 0.717) is 0 Å². The van der Waals surface area contributed by atoms with Gasteiger partial charge in [-0.1, -0.05) is 21.1 Å². The highest BCUT2D eigenvalue weighted by molar-refractivity contribution is 9.08. The minimum absolute atomic E-state index is 0.718. The quantitative estimate of drug-likeness (QED) is 0.683. The van der Waals surface area contributed by atoms with E-state index in [1.165, 1.54) is 0 Å². The summed E-state index contributed by atoms with van der Waals surface area (Å²) >= 11 is 4.98. The summed E-state index contributed by atoms with van der Waals surface area (Å²) in [5, 5.41) is 8.82. The smallest absolute Gasteiger partial charge is 0.0937 e. The minimum Gasteiger partial charge on any atom is -0.245 e. The number of nitrogens with zero attached hydrogens (tertiary/aromatic N) is 4. The zero-order chi connectivity index (χ0) is 11.0. The van der Waals surface area contributed by atoms with Crippen LogP contribution in [0.1, 0.15) is 5.69 Å². The third kappa shape index (κ3) is 1.64. The van der Waals surface area contributed by atoms with E-state index in [-0.39, 0.29) is 0 Å². The first-order chi connectivity index (χ1) is 7.86. The predicted octanol–water partition coefficient (Wildman–Crippen LogP) is 2.77. The maximum absolute atomic E-state index is 4.24. The van der Waals surface area contributed by atoms with Crippen LogP contribution in [0.15, 0.2) is 29.9 Å².